The number of rotatable bonds is 6. The number of aromatic nitrogens is 2. The maximum Gasteiger partial charge on any atom is 0.266 e. The lowest BCUT2D eigenvalue weighted by molar-refractivity contribution is 0.164. The highest BCUT2D eigenvalue weighted by atomic mass is 35.5. The van der Waals surface area contributed by atoms with Crippen molar-refractivity contribution in [1.82, 2.24) is 9.55 Å². The molecule has 7 heteroatoms. The van der Waals surface area contributed by atoms with Gasteiger partial charge in [-0.1, -0.05) is 41.0 Å². The van der Waals surface area contributed by atoms with Crippen LogP contribution >= 0.6 is 35.0 Å². The first kappa shape index (κ1) is 18.3. The molecule has 130 valence electrons. The molecule has 0 fully saturated rings. The van der Waals surface area contributed by atoms with Crippen LogP contribution in [0.15, 0.2) is 52.4 Å². The van der Waals surface area contributed by atoms with Crippen molar-refractivity contribution >= 4 is 45.9 Å². The second-order valence-electron chi connectivity index (χ2n) is 5.22. The van der Waals surface area contributed by atoms with Gasteiger partial charge in [0.25, 0.3) is 5.56 Å². The van der Waals surface area contributed by atoms with E-state index in [0.29, 0.717) is 50.8 Å². The van der Waals surface area contributed by atoms with Gasteiger partial charge in [0, 0.05) is 22.4 Å². The Labute approximate surface area is 159 Å². The summed E-state index contributed by atoms with van der Waals surface area (Å²) in [7, 11) is 0. The number of thioether (sulfide) groups is 1. The van der Waals surface area contributed by atoms with Gasteiger partial charge < -0.3 is 4.74 Å². The van der Waals surface area contributed by atoms with Gasteiger partial charge in [-0.15, -0.1) is 0 Å². The van der Waals surface area contributed by atoms with E-state index >= 15 is 0 Å². The molecular weight excluding hydrogens is 379 g/mol. The molecule has 0 spiro atoms. The predicted molar refractivity (Wildman–Crippen MR) is 105 cm³/mol. The zero-order valence-corrected chi connectivity index (χ0v) is 15.9. The van der Waals surface area contributed by atoms with E-state index in [9.17, 15) is 4.79 Å². The maximum absolute atomic E-state index is 13.1. The predicted octanol–water partition coefficient (Wildman–Crippen LogP) is 4.82. The van der Waals surface area contributed by atoms with Crippen molar-refractivity contribution < 1.29 is 4.74 Å². The van der Waals surface area contributed by atoms with Crippen LogP contribution in [0.3, 0.4) is 0 Å². The molecule has 3 rings (SSSR count). The maximum atomic E-state index is 13.1. The van der Waals surface area contributed by atoms with Gasteiger partial charge in [0.15, 0.2) is 5.16 Å². The molecule has 0 N–H and O–H groups in total. The third kappa shape index (κ3) is 4.18. The van der Waals surface area contributed by atoms with E-state index in [1.807, 2.05) is 19.1 Å². The van der Waals surface area contributed by atoms with Crippen LogP contribution in [0.5, 0.6) is 0 Å². The van der Waals surface area contributed by atoms with Gasteiger partial charge in [-0.2, -0.15) is 0 Å². The van der Waals surface area contributed by atoms with Crippen LogP contribution in [0.25, 0.3) is 16.6 Å². The van der Waals surface area contributed by atoms with Gasteiger partial charge in [0.1, 0.15) is 0 Å². The van der Waals surface area contributed by atoms with Crippen molar-refractivity contribution in [2.24, 2.45) is 0 Å². The van der Waals surface area contributed by atoms with Crippen molar-refractivity contribution in [1.29, 1.82) is 0 Å². The van der Waals surface area contributed by atoms with Gasteiger partial charge in [0.2, 0.25) is 0 Å². The van der Waals surface area contributed by atoms with E-state index in [-0.39, 0.29) is 5.56 Å². The van der Waals surface area contributed by atoms with Crippen molar-refractivity contribution in [2.45, 2.75) is 12.1 Å². The number of hydrogen-bond donors (Lipinski definition) is 0. The largest absolute Gasteiger partial charge is 0.381 e. The van der Waals surface area contributed by atoms with Crippen LogP contribution in [0.2, 0.25) is 10.0 Å². The van der Waals surface area contributed by atoms with Gasteiger partial charge in [0.05, 0.1) is 23.2 Å². The molecule has 0 aliphatic heterocycles. The molecule has 0 saturated heterocycles. The number of halogens is 2. The molecule has 0 unspecified atom stereocenters. The summed E-state index contributed by atoms with van der Waals surface area (Å²) >= 11 is 13.6. The molecule has 25 heavy (non-hydrogen) atoms. The third-order valence-corrected chi connectivity index (χ3v) is 4.90. The first-order chi connectivity index (χ1) is 12.1. The van der Waals surface area contributed by atoms with Crippen molar-refractivity contribution in [3.63, 3.8) is 0 Å². The fourth-order valence-corrected chi connectivity index (χ4v) is 3.63. The number of ether oxygens (including phenoxy) is 1. The van der Waals surface area contributed by atoms with E-state index in [1.165, 1.54) is 11.8 Å². The first-order valence-electron chi connectivity index (χ1n) is 7.79. The minimum atomic E-state index is -0.150. The van der Waals surface area contributed by atoms with E-state index in [4.69, 9.17) is 27.9 Å². The Morgan fingerprint density at radius 2 is 1.96 bits per heavy atom. The Hall–Kier alpha value is -1.53. The Bertz CT molecular complexity index is 959. The second-order valence-corrected chi connectivity index (χ2v) is 7.16. The zero-order chi connectivity index (χ0) is 17.8. The fraction of sp³-hybridized carbons (Fsp3) is 0.222. The second kappa shape index (κ2) is 8.23. The van der Waals surface area contributed by atoms with E-state index in [0.717, 1.165) is 0 Å². The summed E-state index contributed by atoms with van der Waals surface area (Å²) in [5, 5.41) is 2.20. The lowest BCUT2D eigenvalue weighted by Crippen LogP contribution is -2.22. The molecule has 2 aromatic carbocycles. The highest BCUT2D eigenvalue weighted by Gasteiger charge is 2.14. The zero-order valence-electron chi connectivity index (χ0n) is 13.5. The normalized spacial score (nSPS) is 11.2. The van der Waals surface area contributed by atoms with E-state index < -0.39 is 0 Å². The Morgan fingerprint density at radius 1 is 1.16 bits per heavy atom. The standard InChI is InChI=1S/C18H16Cl2N2O2S/c1-2-24-8-9-25-18-21-16-11-13(20)6-7-15(16)17(23)22(18)14-5-3-4-12(19)10-14/h3-7,10-11H,2,8-9H2,1H3. The topological polar surface area (TPSA) is 44.1 Å². The molecule has 0 atom stereocenters. The van der Waals surface area contributed by atoms with Gasteiger partial charge >= 0.3 is 0 Å². The molecule has 0 aliphatic carbocycles. The van der Waals surface area contributed by atoms with Gasteiger partial charge in [-0.25, -0.2) is 4.98 Å². The molecule has 4 nitrogen and oxygen atoms in total. The van der Waals surface area contributed by atoms with Crippen LogP contribution in [-0.4, -0.2) is 28.5 Å². The lowest BCUT2D eigenvalue weighted by Gasteiger charge is -2.13. The van der Waals surface area contributed by atoms with Crippen molar-refractivity contribution in [2.75, 3.05) is 19.0 Å². The molecule has 0 amide bonds. The highest BCUT2D eigenvalue weighted by Crippen LogP contribution is 2.24. The Kier molecular flexibility index (Phi) is 6.02. The monoisotopic (exact) mass is 394 g/mol. The summed E-state index contributed by atoms with van der Waals surface area (Å²) in [6.07, 6.45) is 0. The van der Waals surface area contributed by atoms with Crippen molar-refractivity contribution in [3.05, 3.63) is 62.9 Å². The molecule has 0 radical (unpaired) electrons. The van der Waals surface area contributed by atoms with E-state index in [1.54, 1.807) is 34.9 Å². The Morgan fingerprint density at radius 3 is 2.72 bits per heavy atom. The summed E-state index contributed by atoms with van der Waals surface area (Å²) in [6.45, 7) is 3.19. The quantitative estimate of drug-likeness (QED) is 0.341. The SMILES string of the molecule is CCOCCSc1nc2cc(Cl)ccc2c(=O)n1-c1cccc(Cl)c1. The average Bonchev–Trinajstić information content (AvgIpc) is 2.58. The average molecular weight is 395 g/mol. The summed E-state index contributed by atoms with van der Waals surface area (Å²) in [4.78, 5) is 17.7. The number of benzene rings is 2. The van der Waals surface area contributed by atoms with Crippen LogP contribution in [-0.2, 0) is 4.74 Å². The molecule has 0 aliphatic rings. The van der Waals surface area contributed by atoms with E-state index in [2.05, 4.69) is 4.98 Å². The van der Waals surface area contributed by atoms with Crippen LogP contribution < -0.4 is 5.56 Å². The highest BCUT2D eigenvalue weighted by molar-refractivity contribution is 7.99. The van der Waals surface area contributed by atoms with Crippen molar-refractivity contribution in [3.8, 4) is 5.69 Å². The molecule has 0 bridgehead atoms. The minimum Gasteiger partial charge on any atom is -0.381 e. The van der Waals surface area contributed by atoms with Gasteiger partial charge in [-0.05, 0) is 43.3 Å². The molecular formula is C18H16Cl2N2O2S. The van der Waals surface area contributed by atoms with Crippen LogP contribution in [0.4, 0.5) is 0 Å². The lowest BCUT2D eigenvalue weighted by atomic mass is 10.2. The smallest absolute Gasteiger partial charge is 0.266 e. The number of nitrogens with zero attached hydrogens (tertiary/aromatic N) is 2. The molecule has 1 aromatic heterocycles. The minimum absolute atomic E-state index is 0.150. The summed E-state index contributed by atoms with van der Waals surface area (Å²) in [6, 6.07) is 12.3. The Balaban J connectivity index is 2.15. The molecule has 3 aromatic rings. The number of hydrogen-bond acceptors (Lipinski definition) is 4. The van der Waals surface area contributed by atoms with Crippen LogP contribution in [0, 0.1) is 0 Å². The molecule has 1 heterocycles. The van der Waals surface area contributed by atoms with Crippen LogP contribution in [0.1, 0.15) is 6.92 Å². The van der Waals surface area contributed by atoms with Gasteiger partial charge in [-0.3, -0.25) is 9.36 Å². The molecule has 0 saturated carbocycles. The first-order valence-corrected chi connectivity index (χ1v) is 9.53. The summed E-state index contributed by atoms with van der Waals surface area (Å²) < 4.78 is 6.96. The third-order valence-electron chi connectivity index (χ3n) is 3.53. The summed E-state index contributed by atoms with van der Waals surface area (Å²) in [5.74, 6) is 0.687. The number of fused-ring (bicyclic) bond motifs is 1. The fourth-order valence-electron chi connectivity index (χ4n) is 2.41. The summed E-state index contributed by atoms with van der Waals surface area (Å²) in [5.41, 5.74) is 1.11.